The second-order valence-corrected chi connectivity index (χ2v) is 9.37. The first-order chi connectivity index (χ1) is 16.7. The van der Waals surface area contributed by atoms with Crippen LogP contribution in [0, 0.1) is 0 Å². The Bertz CT molecular complexity index is 1030. The molecule has 1 atom stereocenters. The maximum Gasteiger partial charge on any atom is 0.416 e. The Labute approximate surface area is 207 Å². The van der Waals surface area contributed by atoms with Gasteiger partial charge in [0.15, 0.2) is 0 Å². The molecule has 2 heterocycles. The molecule has 0 bridgehead atoms. The zero-order chi connectivity index (χ0) is 25.4. The molecule has 1 fully saturated rings. The predicted molar refractivity (Wildman–Crippen MR) is 135 cm³/mol. The van der Waals surface area contributed by atoms with Crippen LogP contribution in [0.1, 0.15) is 45.2 Å². The number of nitrogens with zero attached hydrogens (tertiary/aromatic N) is 3. The van der Waals surface area contributed by atoms with E-state index in [1.54, 1.807) is 37.3 Å². The van der Waals surface area contributed by atoms with Crippen molar-refractivity contribution in [1.82, 2.24) is 9.88 Å². The second kappa shape index (κ2) is 11.8. The molecule has 1 aromatic carbocycles. The number of amides is 1. The van der Waals surface area contributed by atoms with Crippen LogP contribution in [-0.2, 0) is 20.8 Å². The molecule has 1 aromatic heterocycles. The van der Waals surface area contributed by atoms with Gasteiger partial charge >= 0.3 is 12.1 Å². The molecule has 1 saturated heterocycles. The van der Waals surface area contributed by atoms with Crippen molar-refractivity contribution in [2.24, 2.45) is 0 Å². The van der Waals surface area contributed by atoms with Crippen molar-refractivity contribution in [3.8, 4) is 5.75 Å². The number of likely N-dealkylation sites (tertiary alicyclic amines) is 1. The number of anilines is 1. The van der Waals surface area contributed by atoms with Gasteiger partial charge in [0.2, 0.25) is 0 Å². The number of benzene rings is 1. The first kappa shape index (κ1) is 26.2. The highest BCUT2D eigenvalue weighted by Gasteiger charge is 2.35. The molecule has 2 aromatic rings. The second-order valence-electron chi connectivity index (χ2n) is 9.37. The van der Waals surface area contributed by atoms with E-state index in [2.05, 4.69) is 16.0 Å². The van der Waals surface area contributed by atoms with Crippen molar-refractivity contribution in [2.75, 3.05) is 31.7 Å². The lowest BCUT2D eigenvalue weighted by Crippen LogP contribution is -2.45. The third-order valence-electron chi connectivity index (χ3n) is 5.51. The van der Waals surface area contributed by atoms with Gasteiger partial charge in [-0.05, 0) is 64.0 Å². The molecule has 8 nitrogen and oxygen atoms in total. The van der Waals surface area contributed by atoms with Crippen molar-refractivity contribution in [3.63, 3.8) is 0 Å². The molecule has 1 amide bonds. The van der Waals surface area contributed by atoms with E-state index in [-0.39, 0.29) is 6.04 Å². The average Bonchev–Trinajstić information content (AvgIpc) is 3.26. The minimum Gasteiger partial charge on any atom is -0.496 e. The van der Waals surface area contributed by atoms with Crippen LogP contribution >= 0.6 is 0 Å². The Kier molecular flexibility index (Phi) is 8.87. The summed E-state index contributed by atoms with van der Waals surface area (Å²) in [6.45, 7) is 9.88. The standard InChI is InChI=1S/C27H35N3O5/c1-6-34-25(31)14-12-20-11-13-24(28-17-20)30(26(32)35-27(2,3)4)22-15-16-29(19-22)18-21-9-7-8-10-23(21)33-5/h7-14,17,22H,6,15-16,18-19H2,1-5H3/b14-12+/t22-/m1/s1. The van der Waals surface area contributed by atoms with E-state index in [1.165, 1.54) is 6.08 Å². The summed E-state index contributed by atoms with van der Waals surface area (Å²) in [5, 5.41) is 0. The summed E-state index contributed by atoms with van der Waals surface area (Å²) in [5.74, 6) is 0.956. The van der Waals surface area contributed by atoms with E-state index < -0.39 is 17.7 Å². The van der Waals surface area contributed by atoms with Crippen molar-refractivity contribution >= 4 is 24.0 Å². The SMILES string of the molecule is CCOC(=O)/C=C/c1ccc(N(C(=O)OC(C)(C)C)[C@@H]2CCN(Cc3ccccc3OC)C2)nc1. The van der Waals surface area contributed by atoms with Crippen LogP contribution in [0.2, 0.25) is 0 Å². The van der Waals surface area contributed by atoms with Crippen molar-refractivity contribution in [1.29, 1.82) is 0 Å². The number of rotatable bonds is 8. The fourth-order valence-corrected chi connectivity index (χ4v) is 3.98. The van der Waals surface area contributed by atoms with Gasteiger partial charge in [0.25, 0.3) is 0 Å². The van der Waals surface area contributed by atoms with E-state index >= 15 is 0 Å². The lowest BCUT2D eigenvalue weighted by Gasteiger charge is -2.31. The number of carbonyl (C=O) groups is 2. The predicted octanol–water partition coefficient (Wildman–Crippen LogP) is 4.68. The van der Waals surface area contributed by atoms with Gasteiger partial charge in [-0.2, -0.15) is 0 Å². The van der Waals surface area contributed by atoms with Crippen molar-refractivity contribution < 1.29 is 23.8 Å². The van der Waals surface area contributed by atoms with Crippen LogP contribution in [0.25, 0.3) is 6.08 Å². The monoisotopic (exact) mass is 481 g/mol. The van der Waals surface area contributed by atoms with Gasteiger partial charge in [-0.3, -0.25) is 9.80 Å². The number of hydrogen-bond acceptors (Lipinski definition) is 7. The van der Waals surface area contributed by atoms with Crippen molar-refractivity contribution in [3.05, 3.63) is 59.8 Å². The van der Waals surface area contributed by atoms with Crippen LogP contribution in [0.3, 0.4) is 0 Å². The van der Waals surface area contributed by atoms with Gasteiger partial charge in [-0.25, -0.2) is 14.6 Å². The Morgan fingerprint density at radius 1 is 1.20 bits per heavy atom. The van der Waals surface area contributed by atoms with Crippen LogP contribution in [-0.4, -0.2) is 60.4 Å². The van der Waals surface area contributed by atoms with Gasteiger partial charge in [0.1, 0.15) is 17.2 Å². The molecular formula is C27H35N3O5. The highest BCUT2D eigenvalue weighted by Crippen LogP contribution is 2.27. The smallest absolute Gasteiger partial charge is 0.416 e. The van der Waals surface area contributed by atoms with Gasteiger partial charge in [0, 0.05) is 37.5 Å². The molecule has 8 heteroatoms. The van der Waals surface area contributed by atoms with Crippen LogP contribution in [0.4, 0.5) is 10.6 Å². The van der Waals surface area contributed by atoms with E-state index in [4.69, 9.17) is 14.2 Å². The number of methoxy groups -OCH3 is 1. The number of carbonyl (C=O) groups excluding carboxylic acids is 2. The molecule has 0 unspecified atom stereocenters. The number of ether oxygens (including phenoxy) is 3. The normalized spacial score (nSPS) is 16.3. The number of pyridine rings is 1. The molecule has 0 radical (unpaired) electrons. The summed E-state index contributed by atoms with van der Waals surface area (Å²) in [6.07, 6.45) is 4.99. The summed E-state index contributed by atoms with van der Waals surface area (Å²) in [5.41, 5.74) is 1.21. The number of hydrogen-bond donors (Lipinski definition) is 0. The lowest BCUT2D eigenvalue weighted by atomic mass is 10.2. The summed E-state index contributed by atoms with van der Waals surface area (Å²) < 4.78 is 16.1. The number of aromatic nitrogens is 1. The summed E-state index contributed by atoms with van der Waals surface area (Å²) in [7, 11) is 1.67. The molecule has 35 heavy (non-hydrogen) atoms. The minimum absolute atomic E-state index is 0.0898. The van der Waals surface area contributed by atoms with Gasteiger partial charge in [-0.15, -0.1) is 0 Å². The van der Waals surface area contributed by atoms with Crippen LogP contribution < -0.4 is 9.64 Å². The topological polar surface area (TPSA) is 81.2 Å². The van der Waals surface area contributed by atoms with E-state index in [0.29, 0.717) is 19.0 Å². The maximum absolute atomic E-state index is 13.2. The fourth-order valence-electron chi connectivity index (χ4n) is 3.98. The molecule has 0 spiro atoms. The van der Waals surface area contributed by atoms with Crippen LogP contribution in [0.15, 0.2) is 48.7 Å². The van der Waals surface area contributed by atoms with Gasteiger partial charge < -0.3 is 14.2 Å². The highest BCUT2D eigenvalue weighted by molar-refractivity contribution is 5.88. The minimum atomic E-state index is -0.632. The van der Waals surface area contributed by atoms with E-state index in [0.717, 1.165) is 36.4 Å². The summed E-state index contributed by atoms with van der Waals surface area (Å²) in [6, 6.07) is 11.5. The Morgan fingerprint density at radius 2 is 1.97 bits per heavy atom. The maximum atomic E-state index is 13.2. The first-order valence-electron chi connectivity index (χ1n) is 11.9. The summed E-state index contributed by atoms with van der Waals surface area (Å²) >= 11 is 0. The van der Waals surface area contributed by atoms with Crippen molar-refractivity contribution in [2.45, 2.75) is 52.3 Å². The third kappa shape index (κ3) is 7.55. The molecule has 0 N–H and O–H groups in total. The third-order valence-corrected chi connectivity index (χ3v) is 5.51. The van der Waals surface area contributed by atoms with Gasteiger partial charge in [-0.1, -0.05) is 18.2 Å². The average molecular weight is 482 g/mol. The van der Waals surface area contributed by atoms with E-state index in [9.17, 15) is 9.59 Å². The van der Waals surface area contributed by atoms with Gasteiger partial charge in [0.05, 0.1) is 19.8 Å². The molecule has 0 saturated carbocycles. The number of esters is 1. The van der Waals surface area contributed by atoms with Crippen LogP contribution in [0.5, 0.6) is 5.75 Å². The molecule has 1 aliphatic rings. The molecule has 0 aliphatic carbocycles. The summed E-state index contributed by atoms with van der Waals surface area (Å²) in [4.78, 5) is 33.3. The number of para-hydroxylation sites is 1. The molecule has 3 rings (SSSR count). The fraction of sp³-hybridized carbons (Fsp3) is 0.444. The quantitative estimate of drug-likeness (QED) is 0.400. The molecular weight excluding hydrogens is 446 g/mol. The Balaban J connectivity index is 1.77. The Hall–Kier alpha value is -3.39. The highest BCUT2D eigenvalue weighted by atomic mass is 16.6. The molecule has 1 aliphatic heterocycles. The molecule has 188 valence electrons. The zero-order valence-electron chi connectivity index (χ0n) is 21.2. The largest absolute Gasteiger partial charge is 0.496 e. The Morgan fingerprint density at radius 3 is 2.63 bits per heavy atom. The first-order valence-corrected chi connectivity index (χ1v) is 11.9. The zero-order valence-corrected chi connectivity index (χ0v) is 21.2. The van der Waals surface area contributed by atoms with E-state index in [1.807, 2.05) is 45.0 Å². The lowest BCUT2D eigenvalue weighted by molar-refractivity contribution is -0.137.